The third-order valence-corrected chi connectivity index (χ3v) is 4.91. The first-order valence-electron chi connectivity index (χ1n) is 8.71. The molecular weight excluding hydrogens is 376 g/mol. The van der Waals surface area contributed by atoms with E-state index in [1.807, 2.05) is 11.4 Å². The Labute approximate surface area is 166 Å². The molecule has 1 heterocycles. The van der Waals surface area contributed by atoms with Crippen molar-refractivity contribution in [2.75, 3.05) is 12.0 Å². The number of anilines is 1. The second-order valence-corrected chi connectivity index (χ2v) is 6.98. The molecule has 0 aliphatic rings. The van der Waals surface area contributed by atoms with Crippen molar-refractivity contribution in [1.82, 2.24) is 4.98 Å². The lowest BCUT2D eigenvalue weighted by atomic mass is 10.1. The number of thiazole rings is 1. The van der Waals surface area contributed by atoms with E-state index in [-0.39, 0.29) is 11.4 Å². The van der Waals surface area contributed by atoms with E-state index in [1.54, 1.807) is 19.1 Å². The van der Waals surface area contributed by atoms with Crippen molar-refractivity contribution >= 4 is 28.4 Å². The number of nitrogens with zero attached hydrogens (tertiary/aromatic N) is 3. The third-order valence-electron chi connectivity index (χ3n) is 4.16. The quantitative estimate of drug-likeness (QED) is 0.338. The summed E-state index contributed by atoms with van der Waals surface area (Å²) in [5.41, 5.74) is 7.77. The predicted octanol–water partition coefficient (Wildman–Crippen LogP) is 5.18. The Kier molecular flexibility index (Phi) is 6.00. The van der Waals surface area contributed by atoms with E-state index in [4.69, 9.17) is 4.74 Å². The van der Waals surface area contributed by atoms with Crippen molar-refractivity contribution in [3.05, 3.63) is 68.6 Å². The molecule has 0 saturated heterocycles. The zero-order valence-corrected chi connectivity index (χ0v) is 16.6. The highest BCUT2D eigenvalue weighted by atomic mass is 32.1. The summed E-state index contributed by atoms with van der Waals surface area (Å²) in [6, 6.07) is 10.9. The lowest BCUT2D eigenvalue weighted by molar-refractivity contribution is -0.385. The maximum atomic E-state index is 11.2. The summed E-state index contributed by atoms with van der Waals surface area (Å²) in [6.07, 6.45) is 1.51. The van der Waals surface area contributed by atoms with Crippen molar-refractivity contribution in [3.63, 3.8) is 0 Å². The molecule has 0 bridgehead atoms. The first-order valence-corrected chi connectivity index (χ1v) is 9.59. The number of hydrogen-bond acceptors (Lipinski definition) is 7. The molecule has 0 saturated carbocycles. The Morgan fingerprint density at radius 1 is 1.25 bits per heavy atom. The summed E-state index contributed by atoms with van der Waals surface area (Å²) in [5.74, 6) is 0.246. The van der Waals surface area contributed by atoms with Gasteiger partial charge in [-0.2, -0.15) is 5.10 Å². The van der Waals surface area contributed by atoms with Gasteiger partial charge in [-0.3, -0.25) is 15.5 Å². The Bertz CT molecular complexity index is 1030. The van der Waals surface area contributed by atoms with Crippen LogP contribution in [-0.2, 0) is 0 Å². The minimum atomic E-state index is -0.466. The van der Waals surface area contributed by atoms with Gasteiger partial charge in [-0.25, -0.2) is 4.98 Å². The molecule has 144 valence electrons. The molecule has 0 aliphatic heterocycles. The molecule has 3 aromatic rings. The van der Waals surface area contributed by atoms with Crippen molar-refractivity contribution in [2.45, 2.75) is 20.8 Å². The maximum Gasteiger partial charge on any atom is 0.311 e. The first-order chi connectivity index (χ1) is 13.5. The van der Waals surface area contributed by atoms with E-state index in [9.17, 15) is 10.1 Å². The maximum absolute atomic E-state index is 11.2. The van der Waals surface area contributed by atoms with Crippen LogP contribution in [0.25, 0.3) is 11.3 Å². The predicted molar refractivity (Wildman–Crippen MR) is 113 cm³/mol. The van der Waals surface area contributed by atoms with Crippen molar-refractivity contribution < 1.29 is 9.66 Å². The van der Waals surface area contributed by atoms with Crippen LogP contribution in [0.1, 0.15) is 23.6 Å². The van der Waals surface area contributed by atoms with E-state index >= 15 is 0 Å². The SMILES string of the molecule is CCOc1ccc(/C=N\Nc2nc(-c3ccc(C)c(C)c3)cs2)cc1[N+](=O)[O-]. The monoisotopic (exact) mass is 396 g/mol. The minimum Gasteiger partial charge on any atom is -0.487 e. The number of hydrogen-bond donors (Lipinski definition) is 1. The fourth-order valence-corrected chi connectivity index (χ4v) is 3.22. The van der Waals surface area contributed by atoms with Gasteiger partial charge in [0.15, 0.2) is 5.75 Å². The molecule has 3 rings (SSSR count). The lowest BCUT2D eigenvalue weighted by Crippen LogP contribution is -1.99. The number of nitro benzene ring substituents is 1. The minimum absolute atomic E-state index is 0.0860. The van der Waals surface area contributed by atoms with Gasteiger partial charge in [-0.1, -0.05) is 12.1 Å². The fraction of sp³-hybridized carbons (Fsp3) is 0.200. The van der Waals surface area contributed by atoms with E-state index in [1.165, 1.54) is 34.7 Å². The van der Waals surface area contributed by atoms with Crippen LogP contribution < -0.4 is 10.2 Å². The van der Waals surface area contributed by atoms with Crippen LogP contribution in [0.15, 0.2) is 46.9 Å². The Morgan fingerprint density at radius 3 is 2.79 bits per heavy atom. The summed E-state index contributed by atoms with van der Waals surface area (Å²) >= 11 is 1.44. The summed E-state index contributed by atoms with van der Waals surface area (Å²) in [7, 11) is 0. The van der Waals surface area contributed by atoms with Crippen LogP contribution in [0.3, 0.4) is 0 Å². The van der Waals surface area contributed by atoms with Crippen LogP contribution in [-0.4, -0.2) is 22.7 Å². The summed E-state index contributed by atoms with van der Waals surface area (Å²) in [5, 5.41) is 17.9. The number of rotatable bonds is 7. The van der Waals surface area contributed by atoms with Gasteiger partial charge in [-0.05, 0) is 50.1 Å². The van der Waals surface area contributed by atoms with Gasteiger partial charge in [0, 0.05) is 22.6 Å². The summed E-state index contributed by atoms with van der Waals surface area (Å²) < 4.78 is 5.28. The number of ether oxygens (including phenoxy) is 1. The van der Waals surface area contributed by atoms with Gasteiger partial charge in [0.05, 0.1) is 23.4 Å². The highest BCUT2D eigenvalue weighted by molar-refractivity contribution is 7.14. The molecule has 0 radical (unpaired) electrons. The van der Waals surface area contributed by atoms with Crippen LogP contribution in [0.2, 0.25) is 0 Å². The highest BCUT2D eigenvalue weighted by Crippen LogP contribution is 2.28. The average Bonchev–Trinajstić information content (AvgIpc) is 3.14. The molecule has 1 N–H and O–H groups in total. The molecule has 0 spiro atoms. The van der Waals surface area contributed by atoms with Crippen molar-refractivity contribution in [2.24, 2.45) is 5.10 Å². The van der Waals surface area contributed by atoms with Gasteiger partial charge in [0.2, 0.25) is 5.13 Å². The van der Waals surface area contributed by atoms with Gasteiger partial charge >= 0.3 is 5.69 Å². The smallest absolute Gasteiger partial charge is 0.311 e. The summed E-state index contributed by atoms with van der Waals surface area (Å²) in [4.78, 5) is 15.2. The standard InChI is InChI=1S/C20H20N4O3S/c1-4-27-19-8-6-15(10-18(19)24(25)26)11-21-23-20-22-17(12-28-20)16-7-5-13(2)14(3)9-16/h5-12H,4H2,1-3H3,(H,22,23)/b21-11-. The van der Waals surface area contributed by atoms with Crippen LogP contribution in [0.4, 0.5) is 10.8 Å². The molecule has 0 fully saturated rings. The molecule has 1 aromatic heterocycles. The normalized spacial score (nSPS) is 11.0. The number of aromatic nitrogens is 1. The Balaban J connectivity index is 1.71. The molecule has 0 amide bonds. The number of nitro groups is 1. The first kappa shape index (κ1) is 19.5. The topological polar surface area (TPSA) is 89.7 Å². The Morgan fingerprint density at radius 2 is 2.07 bits per heavy atom. The van der Waals surface area contributed by atoms with E-state index in [2.05, 4.69) is 41.5 Å². The molecular formula is C20H20N4O3S. The van der Waals surface area contributed by atoms with Gasteiger partial charge in [-0.15, -0.1) is 11.3 Å². The number of nitrogens with one attached hydrogen (secondary N) is 1. The highest BCUT2D eigenvalue weighted by Gasteiger charge is 2.15. The molecule has 2 aromatic carbocycles. The molecule has 8 heteroatoms. The second-order valence-electron chi connectivity index (χ2n) is 6.12. The van der Waals surface area contributed by atoms with Crippen LogP contribution in [0.5, 0.6) is 5.75 Å². The molecule has 7 nitrogen and oxygen atoms in total. The zero-order valence-electron chi connectivity index (χ0n) is 15.8. The second kappa shape index (κ2) is 8.62. The summed E-state index contributed by atoms with van der Waals surface area (Å²) in [6.45, 7) is 6.30. The van der Waals surface area contributed by atoms with Gasteiger partial charge in [0.25, 0.3) is 0 Å². The molecule has 0 unspecified atom stereocenters. The van der Waals surface area contributed by atoms with Gasteiger partial charge < -0.3 is 4.74 Å². The van der Waals surface area contributed by atoms with Crippen molar-refractivity contribution in [1.29, 1.82) is 0 Å². The Hall–Kier alpha value is -3.26. The average molecular weight is 396 g/mol. The molecule has 0 aliphatic carbocycles. The van der Waals surface area contributed by atoms with Crippen LogP contribution in [0, 0.1) is 24.0 Å². The largest absolute Gasteiger partial charge is 0.487 e. The molecule has 0 atom stereocenters. The number of benzene rings is 2. The van der Waals surface area contributed by atoms with Gasteiger partial charge in [0.1, 0.15) is 0 Å². The van der Waals surface area contributed by atoms with Crippen LogP contribution >= 0.6 is 11.3 Å². The number of hydrazone groups is 1. The lowest BCUT2D eigenvalue weighted by Gasteiger charge is -2.04. The van der Waals surface area contributed by atoms with Crippen molar-refractivity contribution in [3.8, 4) is 17.0 Å². The fourth-order valence-electron chi connectivity index (χ4n) is 2.56. The van der Waals surface area contributed by atoms with E-state index in [0.29, 0.717) is 17.3 Å². The van der Waals surface area contributed by atoms with E-state index < -0.39 is 4.92 Å². The third kappa shape index (κ3) is 4.52. The number of aryl methyl sites for hydroxylation is 2. The van der Waals surface area contributed by atoms with E-state index in [0.717, 1.165) is 11.3 Å². The molecule has 28 heavy (non-hydrogen) atoms. The zero-order chi connectivity index (χ0) is 20.1.